The van der Waals surface area contributed by atoms with E-state index in [2.05, 4.69) is 10.3 Å². The summed E-state index contributed by atoms with van der Waals surface area (Å²) in [6.45, 7) is 6.74. The molecule has 0 spiro atoms. The largest absolute Gasteiger partial charge is 0.416 e. The lowest BCUT2D eigenvalue weighted by molar-refractivity contribution is -0.137. The minimum atomic E-state index is -4.59. The summed E-state index contributed by atoms with van der Waals surface area (Å²) in [4.78, 5) is 15.9. The maximum atomic E-state index is 12.6. The average Bonchev–Trinajstić information content (AvgIpc) is 2.36. The lowest BCUT2D eigenvalue weighted by atomic mass is 10.2. The van der Waals surface area contributed by atoms with E-state index < -0.39 is 37.0 Å². The molecule has 130 valence electrons. The number of sulfone groups is 1. The number of pyridine rings is 1. The molecule has 0 aromatic carbocycles. The molecule has 0 aliphatic rings. The van der Waals surface area contributed by atoms with E-state index in [1.165, 1.54) is 34.6 Å². The van der Waals surface area contributed by atoms with Crippen molar-refractivity contribution in [3.8, 4) is 0 Å². The third kappa shape index (κ3) is 3.82. The maximum absolute atomic E-state index is 12.6. The molecule has 0 aliphatic heterocycles. The van der Waals surface area contributed by atoms with Crippen molar-refractivity contribution in [3.63, 3.8) is 0 Å². The highest BCUT2D eigenvalue weighted by atomic mass is 32.2. The Labute approximate surface area is 133 Å². The fourth-order valence-electron chi connectivity index (χ4n) is 1.83. The molecule has 5 nitrogen and oxygen atoms in total. The molecule has 9 heteroatoms. The topological polar surface area (TPSA) is 76.1 Å². The molecule has 0 fully saturated rings. The van der Waals surface area contributed by atoms with Crippen molar-refractivity contribution in [2.24, 2.45) is 0 Å². The Morgan fingerprint density at radius 2 is 1.65 bits per heavy atom. The number of hydrogen-bond donors (Lipinski definition) is 1. The Balaban J connectivity index is 3.14. The Hall–Kier alpha value is -1.64. The van der Waals surface area contributed by atoms with Crippen molar-refractivity contribution >= 4 is 21.6 Å². The first kappa shape index (κ1) is 19.4. The van der Waals surface area contributed by atoms with Gasteiger partial charge in [0.1, 0.15) is 10.6 Å². The van der Waals surface area contributed by atoms with Crippen molar-refractivity contribution in [2.45, 2.75) is 50.3 Å². The monoisotopic (exact) mass is 352 g/mol. The first-order valence-corrected chi connectivity index (χ1v) is 8.18. The van der Waals surface area contributed by atoms with Crippen LogP contribution in [0.1, 0.15) is 40.2 Å². The zero-order valence-electron chi connectivity index (χ0n) is 13.4. The predicted octanol–water partition coefficient (Wildman–Crippen LogP) is 3.03. The van der Waals surface area contributed by atoms with Gasteiger partial charge in [-0.2, -0.15) is 13.2 Å². The Bertz CT molecular complexity index is 705. The number of carbonyl (C=O) groups excluding carboxylic acids is 1. The van der Waals surface area contributed by atoms with Crippen LogP contribution >= 0.6 is 0 Å². The highest BCUT2D eigenvalue weighted by molar-refractivity contribution is 7.94. The summed E-state index contributed by atoms with van der Waals surface area (Å²) in [5, 5.41) is 2.14. The lowest BCUT2D eigenvalue weighted by Crippen LogP contribution is -2.51. The van der Waals surface area contributed by atoms with E-state index in [4.69, 9.17) is 0 Å². The molecule has 0 unspecified atom stereocenters. The Morgan fingerprint density at radius 3 is 2.09 bits per heavy atom. The van der Waals surface area contributed by atoms with Gasteiger partial charge in [-0.1, -0.05) is 0 Å². The number of halogens is 3. The van der Waals surface area contributed by atoms with Crippen LogP contribution in [0.3, 0.4) is 0 Å². The van der Waals surface area contributed by atoms with Crippen LogP contribution in [0.4, 0.5) is 19.0 Å². The van der Waals surface area contributed by atoms with Crippen molar-refractivity contribution < 1.29 is 26.4 Å². The van der Waals surface area contributed by atoms with E-state index >= 15 is 0 Å². The van der Waals surface area contributed by atoms with Gasteiger partial charge in [0.15, 0.2) is 9.84 Å². The first-order valence-electron chi connectivity index (χ1n) is 6.69. The average molecular weight is 352 g/mol. The molecule has 0 bridgehead atoms. The molecule has 0 atom stereocenters. The van der Waals surface area contributed by atoms with E-state index in [0.717, 1.165) is 12.3 Å². The maximum Gasteiger partial charge on any atom is 0.416 e. The zero-order valence-corrected chi connectivity index (χ0v) is 14.3. The molecule has 1 N–H and O–H groups in total. The van der Waals surface area contributed by atoms with E-state index in [1.54, 1.807) is 0 Å². The molecule has 0 radical (unpaired) electrons. The summed E-state index contributed by atoms with van der Waals surface area (Å²) in [5.74, 6) is -1.30. The number of nitrogens with one attached hydrogen (secondary N) is 1. The second kappa shape index (κ2) is 5.77. The quantitative estimate of drug-likeness (QED) is 0.907. The SMILES string of the molecule is CC(C)(C)S(=O)(=O)C(C)(C)C(=O)Nc1cc(C(F)(F)F)ccn1. The van der Waals surface area contributed by atoms with Gasteiger partial charge in [-0.15, -0.1) is 0 Å². The van der Waals surface area contributed by atoms with Crippen LogP contribution in [-0.4, -0.2) is 28.8 Å². The third-order valence-corrected chi connectivity index (χ3v) is 6.50. The molecule has 1 amide bonds. The highest BCUT2D eigenvalue weighted by Crippen LogP contribution is 2.32. The van der Waals surface area contributed by atoms with E-state index in [-0.39, 0.29) is 5.82 Å². The fraction of sp³-hybridized carbons (Fsp3) is 0.571. The molecule has 0 saturated heterocycles. The summed E-state index contributed by atoms with van der Waals surface area (Å²) in [7, 11) is -3.90. The van der Waals surface area contributed by atoms with Gasteiger partial charge in [0.05, 0.1) is 10.3 Å². The summed E-state index contributed by atoms with van der Waals surface area (Å²) >= 11 is 0. The minimum Gasteiger partial charge on any atom is -0.309 e. The van der Waals surface area contributed by atoms with E-state index in [9.17, 15) is 26.4 Å². The standard InChI is InChI=1S/C14H19F3N2O3S/c1-12(2,3)23(21,22)13(4,5)11(20)19-10-8-9(6-7-18-10)14(15,16)17/h6-8H,1-5H3,(H,18,19,20). The van der Waals surface area contributed by atoms with Crippen LogP contribution in [0.5, 0.6) is 0 Å². The molecule has 23 heavy (non-hydrogen) atoms. The van der Waals surface area contributed by atoms with E-state index in [0.29, 0.717) is 6.07 Å². The van der Waals surface area contributed by atoms with Crippen LogP contribution in [-0.2, 0) is 20.8 Å². The van der Waals surface area contributed by atoms with Crippen LogP contribution in [0.25, 0.3) is 0 Å². The molecule has 1 rings (SSSR count). The van der Waals surface area contributed by atoms with Crippen LogP contribution in [0.15, 0.2) is 18.3 Å². The van der Waals surface area contributed by atoms with Gasteiger partial charge in [0, 0.05) is 6.20 Å². The van der Waals surface area contributed by atoms with Gasteiger partial charge in [-0.25, -0.2) is 13.4 Å². The zero-order chi connectivity index (χ0) is 18.3. The number of amides is 1. The molecule has 1 heterocycles. The molecular formula is C14H19F3N2O3S. The van der Waals surface area contributed by atoms with Gasteiger partial charge < -0.3 is 5.32 Å². The number of nitrogens with zero attached hydrogens (tertiary/aromatic N) is 1. The van der Waals surface area contributed by atoms with Gasteiger partial charge >= 0.3 is 6.18 Å². The Kier molecular flexibility index (Phi) is 4.87. The molecule has 0 aliphatic carbocycles. The predicted molar refractivity (Wildman–Crippen MR) is 80.6 cm³/mol. The summed E-state index contributed by atoms with van der Waals surface area (Å²) in [6, 6.07) is 1.41. The summed E-state index contributed by atoms with van der Waals surface area (Å²) < 4.78 is 59.9. The molecular weight excluding hydrogens is 333 g/mol. The number of aromatic nitrogens is 1. The van der Waals surface area contributed by atoms with Crippen molar-refractivity contribution in [1.29, 1.82) is 0 Å². The minimum absolute atomic E-state index is 0.359. The van der Waals surface area contributed by atoms with Gasteiger partial charge in [0.25, 0.3) is 0 Å². The number of alkyl halides is 3. The fourth-order valence-corrected chi connectivity index (χ4v) is 3.66. The van der Waals surface area contributed by atoms with E-state index in [1.807, 2.05) is 0 Å². The van der Waals surface area contributed by atoms with Crippen LogP contribution < -0.4 is 5.32 Å². The van der Waals surface area contributed by atoms with Crippen LogP contribution in [0, 0.1) is 0 Å². The van der Waals surface area contributed by atoms with Crippen LogP contribution in [0.2, 0.25) is 0 Å². The number of hydrogen-bond acceptors (Lipinski definition) is 4. The smallest absolute Gasteiger partial charge is 0.309 e. The third-order valence-electron chi connectivity index (χ3n) is 3.35. The van der Waals surface area contributed by atoms with Gasteiger partial charge in [-0.3, -0.25) is 4.79 Å². The number of carbonyl (C=O) groups is 1. The van der Waals surface area contributed by atoms with Gasteiger partial charge in [0.2, 0.25) is 5.91 Å². The van der Waals surface area contributed by atoms with Crippen molar-refractivity contribution in [3.05, 3.63) is 23.9 Å². The van der Waals surface area contributed by atoms with Crippen molar-refractivity contribution in [2.75, 3.05) is 5.32 Å². The number of anilines is 1. The normalized spacial score (nSPS) is 13.7. The first-order chi connectivity index (χ1) is 10.1. The second-order valence-corrected chi connectivity index (χ2v) is 9.76. The Morgan fingerprint density at radius 1 is 1.13 bits per heavy atom. The van der Waals surface area contributed by atoms with Crippen molar-refractivity contribution in [1.82, 2.24) is 4.98 Å². The summed E-state index contributed by atoms with van der Waals surface area (Å²) in [5.41, 5.74) is -0.987. The molecule has 0 saturated carbocycles. The molecule has 1 aromatic rings. The second-order valence-electron chi connectivity index (χ2n) is 6.51. The highest BCUT2D eigenvalue weighted by Gasteiger charge is 2.48. The lowest BCUT2D eigenvalue weighted by Gasteiger charge is -2.31. The molecule has 1 aromatic heterocycles. The van der Waals surface area contributed by atoms with Gasteiger partial charge in [-0.05, 0) is 46.8 Å². The summed E-state index contributed by atoms with van der Waals surface area (Å²) in [6.07, 6.45) is -3.70. The number of rotatable bonds is 3.